The lowest BCUT2D eigenvalue weighted by Crippen LogP contribution is -2.22. The lowest BCUT2D eigenvalue weighted by Gasteiger charge is -2.12. The number of hydrogen-bond donors (Lipinski definition) is 1. The van der Waals surface area contributed by atoms with E-state index in [4.69, 9.17) is 17.3 Å². The van der Waals surface area contributed by atoms with Crippen molar-refractivity contribution in [1.82, 2.24) is 18.8 Å². The Morgan fingerprint density at radius 1 is 1.22 bits per heavy atom. The molecule has 0 bridgehead atoms. The van der Waals surface area contributed by atoms with E-state index in [-0.39, 0.29) is 61.0 Å². The van der Waals surface area contributed by atoms with E-state index in [2.05, 4.69) is 9.97 Å². The van der Waals surface area contributed by atoms with Crippen molar-refractivity contribution in [2.75, 3.05) is 20.6 Å². The highest BCUT2D eigenvalue weighted by Crippen LogP contribution is 2.35. The van der Waals surface area contributed by atoms with Crippen molar-refractivity contribution < 1.29 is 12.8 Å². The van der Waals surface area contributed by atoms with Crippen LogP contribution in [0.15, 0.2) is 47.5 Å². The predicted molar refractivity (Wildman–Crippen MR) is 134 cm³/mol. The average Bonchev–Trinajstić information content (AvgIpc) is 2.93. The van der Waals surface area contributed by atoms with Crippen LogP contribution in [0.3, 0.4) is 0 Å². The molecule has 0 aliphatic heterocycles. The van der Waals surface area contributed by atoms with E-state index in [9.17, 15) is 12.8 Å². The van der Waals surface area contributed by atoms with Gasteiger partial charge in [-0.15, -0.1) is 37.2 Å². The number of rotatable bonds is 6. The lowest BCUT2D eigenvalue weighted by molar-refractivity contribution is 0.520. The van der Waals surface area contributed by atoms with Gasteiger partial charge in [0.15, 0.2) is 0 Å². The second-order valence-electron chi connectivity index (χ2n) is 6.65. The monoisotopic (exact) mass is 545 g/mol. The molecule has 0 atom stereocenters. The van der Waals surface area contributed by atoms with E-state index in [1.807, 2.05) is 6.92 Å². The molecule has 3 rings (SSSR count). The number of halogens is 5. The minimum Gasteiger partial charge on any atom is -0.336 e. The average molecular weight is 547 g/mol. The van der Waals surface area contributed by atoms with Crippen LogP contribution in [-0.4, -0.2) is 47.9 Å². The molecular weight excluding hydrogens is 523 g/mol. The van der Waals surface area contributed by atoms with Gasteiger partial charge in [0.25, 0.3) is 0 Å². The molecule has 0 radical (unpaired) electrons. The molecule has 7 nitrogen and oxygen atoms in total. The van der Waals surface area contributed by atoms with Crippen LogP contribution >= 0.6 is 48.8 Å². The van der Waals surface area contributed by atoms with Crippen LogP contribution < -0.4 is 5.73 Å². The van der Waals surface area contributed by atoms with E-state index in [0.29, 0.717) is 32.9 Å². The highest BCUT2D eigenvalue weighted by molar-refractivity contribution is 7.89. The van der Waals surface area contributed by atoms with Crippen molar-refractivity contribution in [3.63, 3.8) is 0 Å². The molecule has 13 heteroatoms. The molecule has 0 unspecified atom stereocenters. The Labute approximate surface area is 210 Å². The smallest absolute Gasteiger partial charge is 0.244 e. The summed E-state index contributed by atoms with van der Waals surface area (Å²) < 4.78 is 42.1. The van der Waals surface area contributed by atoms with Crippen molar-refractivity contribution in [3.05, 3.63) is 53.3 Å². The number of allylic oxidation sites excluding steroid dienone is 1. The van der Waals surface area contributed by atoms with Gasteiger partial charge in [-0.05, 0) is 25.1 Å². The summed E-state index contributed by atoms with van der Waals surface area (Å²) in [6.45, 7) is 1.86. The van der Waals surface area contributed by atoms with E-state index < -0.39 is 10.0 Å². The molecule has 32 heavy (non-hydrogen) atoms. The summed E-state index contributed by atoms with van der Waals surface area (Å²) in [7, 11) is -0.753. The van der Waals surface area contributed by atoms with E-state index in [1.54, 1.807) is 16.8 Å². The first-order valence-electron chi connectivity index (χ1n) is 8.73. The Bertz CT molecular complexity index is 1220. The molecule has 0 saturated heterocycles. The predicted octanol–water partition coefficient (Wildman–Crippen LogP) is 4.39. The van der Waals surface area contributed by atoms with Crippen molar-refractivity contribution in [2.45, 2.75) is 18.4 Å². The fraction of sp³-hybridized carbons (Fsp3) is 0.263. The third kappa shape index (κ3) is 5.91. The van der Waals surface area contributed by atoms with Gasteiger partial charge in [-0.1, -0.05) is 11.6 Å². The molecule has 3 heterocycles. The van der Waals surface area contributed by atoms with Crippen LogP contribution in [0.25, 0.3) is 22.2 Å². The second kappa shape index (κ2) is 12.1. The zero-order chi connectivity index (χ0) is 21.3. The molecule has 0 fully saturated rings. The van der Waals surface area contributed by atoms with Gasteiger partial charge < -0.3 is 10.3 Å². The molecule has 0 saturated carbocycles. The van der Waals surface area contributed by atoms with Crippen molar-refractivity contribution in [3.8, 4) is 11.1 Å². The van der Waals surface area contributed by atoms with Crippen LogP contribution in [0, 0.1) is 6.92 Å². The first-order valence-corrected chi connectivity index (χ1v) is 10.6. The molecule has 3 aromatic heterocycles. The first-order chi connectivity index (χ1) is 13.7. The molecule has 0 aliphatic rings. The minimum absolute atomic E-state index is 0. The molecule has 0 aromatic carbocycles. The summed E-state index contributed by atoms with van der Waals surface area (Å²) in [6.07, 6.45) is 5.65. The zero-order valence-electron chi connectivity index (χ0n) is 17.4. The highest BCUT2D eigenvalue weighted by Gasteiger charge is 2.22. The molecule has 3 aromatic rings. The third-order valence-corrected chi connectivity index (χ3v) is 6.54. The summed E-state index contributed by atoms with van der Waals surface area (Å²) in [6, 6.07) is 3.24. The second-order valence-corrected chi connectivity index (χ2v) is 9.24. The van der Waals surface area contributed by atoms with Gasteiger partial charge in [-0.25, -0.2) is 17.1 Å². The van der Waals surface area contributed by atoms with Crippen molar-refractivity contribution in [1.29, 1.82) is 0 Å². The Morgan fingerprint density at radius 2 is 1.88 bits per heavy atom. The highest BCUT2D eigenvalue weighted by atomic mass is 35.5. The largest absolute Gasteiger partial charge is 0.336 e. The summed E-state index contributed by atoms with van der Waals surface area (Å²) >= 11 is 6.11. The fourth-order valence-electron chi connectivity index (χ4n) is 3.11. The maximum atomic E-state index is 14.2. The van der Waals surface area contributed by atoms with E-state index in [1.165, 1.54) is 38.6 Å². The van der Waals surface area contributed by atoms with Crippen LogP contribution in [0.4, 0.5) is 4.39 Å². The van der Waals surface area contributed by atoms with Gasteiger partial charge in [0.2, 0.25) is 10.0 Å². The molecule has 178 valence electrons. The number of hydrogen-bond acceptors (Lipinski definition) is 5. The van der Waals surface area contributed by atoms with Gasteiger partial charge in [0.1, 0.15) is 10.7 Å². The Hall–Kier alpha value is -1.46. The summed E-state index contributed by atoms with van der Waals surface area (Å²) in [5.41, 5.74) is 8.55. The summed E-state index contributed by atoms with van der Waals surface area (Å²) in [4.78, 5) is 8.57. The van der Waals surface area contributed by atoms with Crippen LogP contribution in [0.2, 0.25) is 5.02 Å². The van der Waals surface area contributed by atoms with Gasteiger partial charge in [-0.2, -0.15) is 0 Å². The molecular formula is C19H24Cl4FN5O2S. The zero-order valence-corrected chi connectivity index (χ0v) is 21.5. The normalized spacial score (nSPS) is 11.7. The van der Waals surface area contributed by atoms with Crippen LogP contribution in [0.5, 0.6) is 0 Å². The summed E-state index contributed by atoms with van der Waals surface area (Å²) in [5.74, 6) is -0.388. The van der Waals surface area contributed by atoms with Gasteiger partial charge in [0, 0.05) is 56.1 Å². The number of nitrogens with zero attached hydrogens (tertiary/aromatic N) is 4. The van der Waals surface area contributed by atoms with Crippen molar-refractivity contribution in [2.24, 2.45) is 5.73 Å². The molecule has 0 amide bonds. The Morgan fingerprint density at radius 3 is 2.47 bits per heavy atom. The third-order valence-electron chi connectivity index (χ3n) is 4.56. The minimum atomic E-state index is -3.66. The molecule has 2 N–H and O–H groups in total. The van der Waals surface area contributed by atoms with Gasteiger partial charge in [0.05, 0.1) is 22.6 Å². The van der Waals surface area contributed by atoms with Crippen LogP contribution in [0.1, 0.15) is 5.69 Å². The first kappa shape index (κ1) is 30.5. The summed E-state index contributed by atoms with van der Waals surface area (Å²) in [5, 5.41) is 0.410. The number of nitrogens with two attached hydrogens (primary N) is 1. The van der Waals surface area contributed by atoms with Crippen LogP contribution in [-0.2, 0) is 16.6 Å². The lowest BCUT2D eigenvalue weighted by atomic mass is 10.1. The SMILES string of the molecule is Cc1c(-c2cncc(S(=O)(=O)N(C)C)c2)c2ncc(Cl)cc2n1CC(F)=CCN.Cl.Cl.Cl. The number of pyridine rings is 2. The maximum absolute atomic E-state index is 14.2. The number of aromatic nitrogens is 3. The maximum Gasteiger partial charge on any atom is 0.244 e. The van der Waals surface area contributed by atoms with Gasteiger partial charge >= 0.3 is 0 Å². The van der Waals surface area contributed by atoms with Crippen molar-refractivity contribution >= 4 is 69.9 Å². The number of fused-ring (bicyclic) bond motifs is 1. The van der Waals surface area contributed by atoms with E-state index >= 15 is 0 Å². The fourth-order valence-corrected chi connectivity index (χ4v) is 4.16. The standard InChI is InChI=1S/C19H21ClFN5O2S.3ClH/c1-12-18(13-6-16(10-23-8-13)29(27,28)25(2)3)19-17(7-14(20)9-24-19)26(12)11-15(21)4-5-22;;;/h4,6-10H,5,11,22H2,1-3H3;3*1H. The number of sulfonamides is 1. The molecule has 0 spiro atoms. The molecule has 0 aliphatic carbocycles. The quantitative estimate of drug-likeness (QED) is 0.495. The Kier molecular flexibility index (Phi) is 11.6. The topological polar surface area (TPSA) is 94.1 Å². The Balaban J connectivity index is 0.00000320. The van der Waals surface area contributed by atoms with E-state index in [0.717, 1.165) is 4.31 Å². The van der Waals surface area contributed by atoms with Gasteiger partial charge in [-0.3, -0.25) is 9.97 Å².